The van der Waals surface area contributed by atoms with Gasteiger partial charge in [0.15, 0.2) is 17.5 Å². The molecule has 158 valence electrons. The number of nitrogens with one attached hydrogen (secondary N) is 2. The molecular formula is C22H38N4O2. The summed E-state index contributed by atoms with van der Waals surface area (Å²) in [5, 5.41) is 7.02. The van der Waals surface area contributed by atoms with E-state index in [4.69, 9.17) is 9.47 Å². The molecule has 0 aromatic heterocycles. The molecule has 1 aliphatic rings. The molecule has 0 amide bonds. The molecule has 1 saturated heterocycles. The van der Waals surface area contributed by atoms with E-state index in [-0.39, 0.29) is 0 Å². The van der Waals surface area contributed by atoms with E-state index in [0.717, 1.165) is 56.4 Å². The number of guanidine groups is 1. The Kier molecular flexibility index (Phi) is 9.41. The molecule has 2 rings (SSSR count). The van der Waals surface area contributed by atoms with E-state index in [1.165, 1.54) is 5.56 Å². The van der Waals surface area contributed by atoms with Crippen molar-refractivity contribution in [3.63, 3.8) is 0 Å². The summed E-state index contributed by atoms with van der Waals surface area (Å²) >= 11 is 0. The molecule has 1 aromatic rings. The first-order valence-electron chi connectivity index (χ1n) is 10.7. The Morgan fingerprint density at radius 2 is 1.82 bits per heavy atom. The number of nitrogens with zero attached hydrogens (tertiary/aromatic N) is 2. The van der Waals surface area contributed by atoms with Crippen LogP contribution in [-0.2, 0) is 6.42 Å². The number of ether oxygens (including phenoxy) is 2. The van der Waals surface area contributed by atoms with Gasteiger partial charge in [-0.15, -0.1) is 0 Å². The van der Waals surface area contributed by atoms with Crippen LogP contribution in [0.15, 0.2) is 23.2 Å². The summed E-state index contributed by atoms with van der Waals surface area (Å²) in [4.78, 5) is 6.93. The highest BCUT2D eigenvalue weighted by molar-refractivity contribution is 5.79. The van der Waals surface area contributed by atoms with E-state index in [2.05, 4.69) is 46.5 Å². The molecule has 0 saturated carbocycles. The standard InChI is InChI=1S/C22H38N4O2/c1-6-27-20-9-8-18(16-21(20)28-7-2)10-13-24-22(23-5)25-19-11-14-26(15-12-19)17(3)4/h8-9,16-17,19H,6-7,10-15H2,1-5H3,(H2,23,24,25). The third-order valence-corrected chi connectivity index (χ3v) is 5.14. The smallest absolute Gasteiger partial charge is 0.191 e. The van der Waals surface area contributed by atoms with Gasteiger partial charge < -0.3 is 25.0 Å². The summed E-state index contributed by atoms with van der Waals surface area (Å²) in [7, 11) is 1.84. The van der Waals surface area contributed by atoms with Crippen LogP contribution in [0.4, 0.5) is 0 Å². The zero-order valence-corrected chi connectivity index (χ0v) is 18.3. The van der Waals surface area contributed by atoms with Crippen LogP contribution in [0.2, 0.25) is 0 Å². The predicted molar refractivity (Wildman–Crippen MR) is 117 cm³/mol. The fourth-order valence-electron chi connectivity index (χ4n) is 3.52. The van der Waals surface area contributed by atoms with Gasteiger partial charge in [-0.1, -0.05) is 6.07 Å². The Morgan fingerprint density at radius 3 is 2.43 bits per heavy atom. The van der Waals surface area contributed by atoms with Crippen molar-refractivity contribution in [3.05, 3.63) is 23.8 Å². The zero-order valence-electron chi connectivity index (χ0n) is 18.3. The molecule has 0 radical (unpaired) electrons. The highest BCUT2D eigenvalue weighted by Crippen LogP contribution is 2.28. The summed E-state index contributed by atoms with van der Waals surface area (Å²) in [6.07, 6.45) is 3.23. The van der Waals surface area contributed by atoms with Crippen molar-refractivity contribution in [1.29, 1.82) is 0 Å². The first-order chi connectivity index (χ1) is 13.6. The SMILES string of the molecule is CCOc1ccc(CCNC(=NC)NC2CCN(C(C)C)CC2)cc1OCC. The van der Waals surface area contributed by atoms with Crippen LogP contribution in [0.1, 0.15) is 46.1 Å². The Bertz CT molecular complexity index is 611. The van der Waals surface area contributed by atoms with Gasteiger partial charge >= 0.3 is 0 Å². The second-order valence-corrected chi connectivity index (χ2v) is 7.44. The van der Waals surface area contributed by atoms with E-state index in [0.29, 0.717) is 25.3 Å². The van der Waals surface area contributed by atoms with E-state index in [1.54, 1.807) is 0 Å². The Balaban J connectivity index is 1.80. The fraction of sp³-hybridized carbons (Fsp3) is 0.682. The number of likely N-dealkylation sites (tertiary alicyclic amines) is 1. The molecule has 1 aromatic carbocycles. The predicted octanol–water partition coefficient (Wildman–Crippen LogP) is 3.06. The second kappa shape index (κ2) is 11.8. The summed E-state index contributed by atoms with van der Waals surface area (Å²) in [5.41, 5.74) is 1.22. The van der Waals surface area contributed by atoms with Crippen LogP contribution < -0.4 is 20.1 Å². The molecular weight excluding hydrogens is 352 g/mol. The lowest BCUT2D eigenvalue weighted by Gasteiger charge is -2.35. The minimum absolute atomic E-state index is 0.497. The van der Waals surface area contributed by atoms with Crippen molar-refractivity contribution >= 4 is 5.96 Å². The number of rotatable bonds is 9. The van der Waals surface area contributed by atoms with Gasteiger partial charge in [-0.05, 0) is 64.7 Å². The van der Waals surface area contributed by atoms with E-state index in [1.807, 2.05) is 27.0 Å². The van der Waals surface area contributed by atoms with Crippen molar-refractivity contribution < 1.29 is 9.47 Å². The van der Waals surface area contributed by atoms with Crippen LogP contribution in [-0.4, -0.2) is 62.8 Å². The van der Waals surface area contributed by atoms with Gasteiger partial charge in [0.2, 0.25) is 0 Å². The van der Waals surface area contributed by atoms with Crippen LogP contribution in [0.3, 0.4) is 0 Å². The van der Waals surface area contributed by atoms with Crippen molar-refractivity contribution in [2.75, 3.05) is 39.9 Å². The van der Waals surface area contributed by atoms with Gasteiger partial charge in [0.25, 0.3) is 0 Å². The van der Waals surface area contributed by atoms with Crippen molar-refractivity contribution in [2.24, 2.45) is 4.99 Å². The Morgan fingerprint density at radius 1 is 1.14 bits per heavy atom. The molecule has 0 bridgehead atoms. The third-order valence-electron chi connectivity index (χ3n) is 5.14. The van der Waals surface area contributed by atoms with Crippen LogP contribution in [0.5, 0.6) is 11.5 Å². The molecule has 0 unspecified atom stereocenters. The normalized spacial score (nSPS) is 16.3. The largest absolute Gasteiger partial charge is 0.490 e. The maximum absolute atomic E-state index is 5.72. The van der Waals surface area contributed by atoms with Gasteiger partial charge in [-0.2, -0.15) is 0 Å². The van der Waals surface area contributed by atoms with Crippen molar-refractivity contribution in [1.82, 2.24) is 15.5 Å². The molecule has 1 heterocycles. The summed E-state index contributed by atoms with van der Waals surface area (Å²) in [5.74, 6) is 2.52. The van der Waals surface area contributed by atoms with E-state index < -0.39 is 0 Å². The third kappa shape index (κ3) is 6.89. The first kappa shape index (κ1) is 22.3. The molecule has 1 aliphatic heterocycles. The van der Waals surface area contributed by atoms with Gasteiger partial charge in [0.05, 0.1) is 13.2 Å². The van der Waals surface area contributed by atoms with Crippen LogP contribution in [0.25, 0.3) is 0 Å². The molecule has 0 spiro atoms. The zero-order chi connectivity index (χ0) is 20.4. The van der Waals surface area contributed by atoms with E-state index in [9.17, 15) is 0 Å². The minimum Gasteiger partial charge on any atom is -0.490 e. The number of piperidine rings is 1. The van der Waals surface area contributed by atoms with Gasteiger partial charge in [0, 0.05) is 38.8 Å². The molecule has 28 heavy (non-hydrogen) atoms. The minimum atomic E-state index is 0.497. The maximum Gasteiger partial charge on any atom is 0.191 e. The Labute approximate surface area is 170 Å². The summed E-state index contributed by atoms with van der Waals surface area (Å²) < 4.78 is 11.4. The lowest BCUT2D eigenvalue weighted by atomic mass is 10.0. The lowest BCUT2D eigenvalue weighted by molar-refractivity contribution is 0.167. The maximum atomic E-state index is 5.72. The summed E-state index contributed by atoms with van der Waals surface area (Å²) in [6.45, 7) is 12.9. The average molecular weight is 391 g/mol. The highest BCUT2D eigenvalue weighted by Gasteiger charge is 2.21. The van der Waals surface area contributed by atoms with Gasteiger partial charge in [-0.25, -0.2) is 0 Å². The average Bonchev–Trinajstić information content (AvgIpc) is 2.69. The molecule has 0 atom stereocenters. The first-order valence-corrected chi connectivity index (χ1v) is 10.7. The van der Waals surface area contributed by atoms with Gasteiger partial charge in [-0.3, -0.25) is 4.99 Å². The number of hydrogen-bond donors (Lipinski definition) is 2. The fourth-order valence-corrected chi connectivity index (χ4v) is 3.52. The lowest BCUT2D eigenvalue weighted by Crippen LogP contribution is -2.50. The molecule has 0 aliphatic carbocycles. The molecule has 6 nitrogen and oxygen atoms in total. The molecule has 1 fully saturated rings. The van der Waals surface area contributed by atoms with E-state index >= 15 is 0 Å². The van der Waals surface area contributed by atoms with Crippen LogP contribution in [0, 0.1) is 0 Å². The number of benzene rings is 1. The van der Waals surface area contributed by atoms with Crippen molar-refractivity contribution in [2.45, 2.75) is 59.0 Å². The molecule has 6 heteroatoms. The number of aliphatic imine (C=N–C) groups is 1. The van der Waals surface area contributed by atoms with Gasteiger partial charge in [0.1, 0.15) is 0 Å². The second-order valence-electron chi connectivity index (χ2n) is 7.44. The highest BCUT2D eigenvalue weighted by atomic mass is 16.5. The van der Waals surface area contributed by atoms with Crippen LogP contribution >= 0.6 is 0 Å². The monoisotopic (exact) mass is 390 g/mol. The number of hydrogen-bond acceptors (Lipinski definition) is 4. The van der Waals surface area contributed by atoms with Crippen molar-refractivity contribution in [3.8, 4) is 11.5 Å². The quantitative estimate of drug-likeness (QED) is 0.501. The summed E-state index contributed by atoms with van der Waals surface area (Å²) in [6, 6.07) is 7.31. The Hall–Kier alpha value is -1.95. The topological polar surface area (TPSA) is 58.1 Å². The molecule has 2 N–H and O–H groups in total.